The number of benzene rings is 1. The van der Waals surface area contributed by atoms with Gasteiger partial charge in [0, 0.05) is 49.4 Å². The molecule has 0 bridgehead atoms. The van der Waals surface area contributed by atoms with Gasteiger partial charge in [0.25, 0.3) is 0 Å². The fraction of sp³-hybridized carbons (Fsp3) is 0.333. The number of alkyl halides is 1. The lowest BCUT2D eigenvalue weighted by Crippen LogP contribution is -2.32. The maximum atomic E-state index is 14.4. The van der Waals surface area contributed by atoms with Crippen molar-refractivity contribution in [1.82, 2.24) is 19.7 Å². The first-order valence-corrected chi connectivity index (χ1v) is 9.18. The van der Waals surface area contributed by atoms with E-state index in [-0.39, 0.29) is 6.54 Å². The summed E-state index contributed by atoms with van der Waals surface area (Å²) in [7, 11) is 0. The third kappa shape index (κ3) is 4.07. The highest BCUT2D eigenvalue weighted by atomic mass is 19.1. The number of halogens is 1. The number of rotatable bonds is 6. The fourth-order valence-electron chi connectivity index (χ4n) is 3.60. The van der Waals surface area contributed by atoms with Crippen LogP contribution in [0.5, 0.6) is 0 Å². The van der Waals surface area contributed by atoms with Gasteiger partial charge in [-0.2, -0.15) is 5.10 Å². The van der Waals surface area contributed by atoms with Crippen LogP contribution in [0, 0.1) is 0 Å². The molecule has 0 spiro atoms. The Balaban J connectivity index is 1.61. The summed E-state index contributed by atoms with van der Waals surface area (Å²) < 4.78 is 16.3. The summed E-state index contributed by atoms with van der Waals surface area (Å²) in [5.74, 6) is 0. The van der Waals surface area contributed by atoms with E-state index in [1.807, 2.05) is 46.1 Å². The molecule has 1 aromatic carbocycles. The van der Waals surface area contributed by atoms with Crippen LogP contribution in [0.1, 0.15) is 17.5 Å². The van der Waals surface area contributed by atoms with Crippen molar-refractivity contribution >= 4 is 0 Å². The van der Waals surface area contributed by atoms with Crippen LogP contribution in [0.15, 0.2) is 61.1 Å². The topological polar surface area (TPSA) is 54.2 Å². The summed E-state index contributed by atoms with van der Waals surface area (Å²) in [4.78, 5) is 6.25. The van der Waals surface area contributed by atoms with Gasteiger partial charge in [0.1, 0.15) is 5.67 Å². The van der Waals surface area contributed by atoms with Crippen LogP contribution in [-0.2, 0) is 13.1 Å². The van der Waals surface area contributed by atoms with Crippen molar-refractivity contribution in [3.63, 3.8) is 0 Å². The summed E-state index contributed by atoms with van der Waals surface area (Å²) in [6.45, 7) is 1.74. The van der Waals surface area contributed by atoms with Crippen LogP contribution in [0.25, 0.3) is 11.3 Å². The standard InChI is InChI=1S/C21H23FN4O/c22-21(16-27)8-10-25(15-21)13-19-14-26(12-17-5-2-1-3-6-17)24-20(19)18-7-4-9-23-11-18/h1-7,9,11,14,27H,8,10,12-13,15-16H2. The van der Waals surface area contributed by atoms with E-state index >= 15 is 0 Å². The van der Waals surface area contributed by atoms with E-state index in [9.17, 15) is 9.50 Å². The molecule has 5 nitrogen and oxygen atoms in total. The molecule has 1 N–H and O–H groups in total. The zero-order valence-corrected chi connectivity index (χ0v) is 15.1. The van der Waals surface area contributed by atoms with E-state index in [1.165, 1.54) is 5.56 Å². The molecule has 1 aliphatic rings. The summed E-state index contributed by atoms with van der Waals surface area (Å²) in [6.07, 6.45) is 5.94. The number of hydrogen-bond donors (Lipinski definition) is 1. The molecule has 0 radical (unpaired) electrons. The Morgan fingerprint density at radius 3 is 2.67 bits per heavy atom. The Bertz CT molecular complexity index is 884. The summed E-state index contributed by atoms with van der Waals surface area (Å²) >= 11 is 0. The molecule has 1 aliphatic heterocycles. The van der Waals surface area contributed by atoms with Crippen LogP contribution in [0.3, 0.4) is 0 Å². The minimum absolute atomic E-state index is 0.250. The zero-order valence-electron chi connectivity index (χ0n) is 15.1. The third-order valence-corrected chi connectivity index (χ3v) is 5.02. The maximum Gasteiger partial charge on any atom is 0.147 e. The second kappa shape index (κ2) is 7.58. The Morgan fingerprint density at radius 1 is 1.11 bits per heavy atom. The van der Waals surface area contributed by atoms with Gasteiger partial charge >= 0.3 is 0 Å². The van der Waals surface area contributed by atoms with Gasteiger partial charge in [0.05, 0.1) is 18.8 Å². The number of aliphatic hydroxyl groups is 1. The molecule has 0 amide bonds. The SMILES string of the molecule is OCC1(F)CCN(Cc2cn(Cc3ccccc3)nc2-c2cccnc2)C1. The minimum Gasteiger partial charge on any atom is -0.393 e. The first kappa shape index (κ1) is 17.8. The van der Waals surface area contributed by atoms with Gasteiger partial charge in [-0.1, -0.05) is 30.3 Å². The predicted molar refractivity (Wildman–Crippen MR) is 102 cm³/mol. The van der Waals surface area contributed by atoms with E-state index in [4.69, 9.17) is 5.10 Å². The highest BCUT2D eigenvalue weighted by Gasteiger charge is 2.37. The minimum atomic E-state index is -1.49. The molecular formula is C21H23FN4O. The third-order valence-electron chi connectivity index (χ3n) is 5.02. The summed E-state index contributed by atoms with van der Waals surface area (Å²) in [5, 5.41) is 14.1. The average Bonchev–Trinajstić information content (AvgIpc) is 3.27. The zero-order chi connectivity index (χ0) is 18.7. The Labute approximate surface area is 158 Å². The molecule has 1 saturated heterocycles. The lowest BCUT2D eigenvalue weighted by atomic mass is 10.1. The summed E-state index contributed by atoms with van der Waals surface area (Å²) in [6, 6.07) is 14.1. The molecule has 3 heterocycles. The molecule has 140 valence electrons. The molecule has 0 saturated carbocycles. The van der Waals surface area contributed by atoms with E-state index in [0.717, 1.165) is 16.8 Å². The largest absolute Gasteiger partial charge is 0.393 e. The molecule has 0 aliphatic carbocycles. The molecule has 3 aromatic rings. The Morgan fingerprint density at radius 2 is 1.96 bits per heavy atom. The Hall–Kier alpha value is -2.57. The number of pyridine rings is 1. The van der Waals surface area contributed by atoms with Gasteiger partial charge in [-0.25, -0.2) is 4.39 Å². The lowest BCUT2D eigenvalue weighted by Gasteiger charge is -2.18. The normalized spacial score (nSPS) is 20.2. The lowest BCUT2D eigenvalue weighted by molar-refractivity contribution is 0.0769. The number of likely N-dealkylation sites (tertiary alicyclic amines) is 1. The van der Waals surface area contributed by atoms with Gasteiger partial charge in [0.15, 0.2) is 0 Å². The molecule has 1 unspecified atom stereocenters. The molecule has 6 heteroatoms. The molecule has 1 atom stereocenters. The highest BCUT2D eigenvalue weighted by Crippen LogP contribution is 2.29. The molecular weight excluding hydrogens is 343 g/mol. The number of nitrogens with zero attached hydrogens (tertiary/aromatic N) is 4. The van der Waals surface area contributed by atoms with Crippen molar-refractivity contribution in [3.05, 3.63) is 72.2 Å². The second-order valence-corrected chi connectivity index (χ2v) is 7.20. The Kier molecular flexibility index (Phi) is 5.01. The van der Waals surface area contributed by atoms with Crippen molar-refractivity contribution in [1.29, 1.82) is 0 Å². The number of aromatic nitrogens is 3. The molecule has 1 fully saturated rings. The van der Waals surface area contributed by atoms with Gasteiger partial charge in [0.2, 0.25) is 0 Å². The average molecular weight is 366 g/mol. The van der Waals surface area contributed by atoms with Crippen LogP contribution < -0.4 is 0 Å². The van der Waals surface area contributed by atoms with Crippen molar-refractivity contribution in [2.45, 2.75) is 25.2 Å². The highest BCUT2D eigenvalue weighted by molar-refractivity contribution is 5.61. The van der Waals surface area contributed by atoms with Crippen molar-refractivity contribution in [3.8, 4) is 11.3 Å². The number of aliphatic hydroxyl groups excluding tert-OH is 1. The van der Waals surface area contributed by atoms with Crippen molar-refractivity contribution < 1.29 is 9.50 Å². The van der Waals surface area contributed by atoms with Gasteiger partial charge in [-0.15, -0.1) is 0 Å². The first-order chi connectivity index (χ1) is 13.1. The van der Waals surface area contributed by atoms with E-state index in [1.54, 1.807) is 12.4 Å². The van der Waals surface area contributed by atoms with Crippen LogP contribution in [-0.4, -0.2) is 50.1 Å². The predicted octanol–water partition coefficient (Wildman–Crippen LogP) is 2.90. The van der Waals surface area contributed by atoms with Gasteiger partial charge in [-0.3, -0.25) is 14.6 Å². The first-order valence-electron chi connectivity index (χ1n) is 9.18. The van der Waals surface area contributed by atoms with E-state index < -0.39 is 12.3 Å². The summed E-state index contributed by atoms with van der Waals surface area (Å²) in [5.41, 5.74) is 2.55. The smallest absolute Gasteiger partial charge is 0.147 e. The fourth-order valence-corrected chi connectivity index (χ4v) is 3.60. The molecule has 27 heavy (non-hydrogen) atoms. The number of hydrogen-bond acceptors (Lipinski definition) is 4. The van der Waals surface area contributed by atoms with Crippen LogP contribution in [0.2, 0.25) is 0 Å². The maximum absolute atomic E-state index is 14.4. The quantitative estimate of drug-likeness (QED) is 0.729. The van der Waals surface area contributed by atoms with Crippen LogP contribution in [0.4, 0.5) is 4.39 Å². The van der Waals surface area contributed by atoms with E-state index in [0.29, 0.717) is 26.1 Å². The van der Waals surface area contributed by atoms with Crippen LogP contribution >= 0.6 is 0 Å². The van der Waals surface area contributed by atoms with Gasteiger partial charge < -0.3 is 5.11 Å². The van der Waals surface area contributed by atoms with Crippen molar-refractivity contribution in [2.75, 3.05) is 19.7 Å². The molecule has 4 rings (SSSR count). The van der Waals surface area contributed by atoms with E-state index in [2.05, 4.69) is 17.1 Å². The monoisotopic (exact) mass is 366 g/mol. The van der Waals surface area contributed by atoms with Gasteiger partial charge in [-0.05, 0) is 24.1 Å². The molecule has 2 aromatic heterocycles. The van der Waals surface area contributed by atoms with Crippen molar-refractivity contribution in [2.24, 2.45) is 0 Å². The second-order valence-electron chi connectivity index (χ2n) is 7.20.